The molecule has 1 aromatic carbocycles. The molecule has 0 saturated carbocycles. The molecule has 7 heteroatoms. The van der Waals surface area contributed by atoms with Gasteiger partial charge in [0.05, 0.1) is 25.5 Å². The van der Waals surface area contributed by atoms with E-state index in [2.05, 4.69) is 5.32 Å². The van der Waals surface area contributed by atoms with E-state index in [1.807, 2.05) is 17.5 Å². The van der Waals surface area contributed by atoms with Crippen LogP contribution in [0.4, 0.5) is 5.69 Å². The molecule has 2 N–H and O–H groups in total. The quantitative estimate of drug-likeness (QED) is 0.763. The Morgan fingerprint density at radius 1 is 1.25 bits per heavy atom. The number of carboxylic acid groups (broad SMARTS) is 1. The maximum absolute atomic E-state index is 12.1. The molecule has 1 amide bonds. The van der Waals surface area contributed by atoms with E-state index in [1.165, 1.54) is 31.2 Å². The van der Waals surface area contributed by atoms with Crippen LogP contribution in [0.5, 0.6) is 11.5 Å². The van der Waals surface area contributed by atoms with E-state index in [1.54, 1.807) is 11.3 Å². The van der Waals surface area contributed by atoms with Gasteiger partial charge in [-0.1, -0.05) is 6.07 Å². The summed E-state index contributed by atoms with van der Waals surface area (Å²) in [6.45, 7) is 0. The molecular weight excluding hydrogens is 330 g/mol. The molecule has 1 aromatic heterocycles. The second-order valence-corrected chi connectivity index (χ2v) is 6.08. The number of benzene rings is 1. The van der Waals surface area contributed by atoms with Crippen LogP contribution in [0.2, 0.25) is 0 Å². The van der Waals surface area contributed by atoms with Gasteiger partial charge in [0.1, 0.15) is 0 Å². The highest BCUT2D eigenvalue weighted by molar-refractivity contribution is 7.09. The van der Waals surface area contributed by atoms with Crippen LogP contribution in [0.1, 0.15) is 28.1 Å². The number of thiophene rings is 1. The van der Waals surface area contributed by atoms with Gasteiger partial charge < -0.3 is 19.9 Å². The zero-order valence-corrected chi connectivity index (χ0v) is 14.3. The fourth-order valence-electron chi connectivity index (χ4n) is 2.27. The Morgan fingerprint density at radius 2 is 2.04 bits per heavy atom. The first-order valence-corrected chi connectivity index (χ1v) is 8.24. The molecule has 6 nitrogen and oxygen atoms in total. The third-order valence-electron chi connectivity index (χ3n) is 3.41. The molecule has 0 atom stereocenters. The maximum Gasteiger partial charge on any atom is 0.335 e. The number of anilines is 1. The van der Waals surface area contributed by atoms with Gasteiger partial charge in [0.15, 0.2) is 11.5 Å². The number of hydrogen-bond donors (Lipinski definition) is 2. The van der Waals surface area contributed by atoms with Crippen LogP contribution in [0.15, 0.2) is 29.6 Å². The summed E-state index contributed by atoms with van der Waals surface area (Å²) in [6.07, 6.45) is 1.88. The fraction of sp³-hybridized carbons (Fsp3) is 0.294. The number of ether oxygens (including phenoxy) is 2. The molecule has 24 heavy (non-hydrogen) atoms. The number of carbonyl (C=O) groups is 2. The lowest BCUT2D eigenvalue weighted by Crippen LogP contribution is -2.13. The van der Waals surface area contributed by atoms with Crippen molar-refractivity contribution in [2.45, 2.75) is 19.3 Å². The van der Waals surface area contributed by atoms with Gasteiger partial charge in [-0.25, -0.2) is 4.79 Å². The van der Waals surface area contributed by atoms with Gasteiger partial charge in [0.2, 0.25) is 5.91 Å². The number of amides is 1. The van der Waals surface area contributed by atoms with Crippen LogP contribution in [0.3, 0.4) is 0 Å². The molecule has 0 radical (unpaired) electrons. The Morgan fingerprint density at radius 3 is 2.62 bits per heavy atom. The van der Waals surface area contributed by atoms with Gasteiger partial charge in [0.25, 0.3) is 0 Å². The lowest BCUT2D eigenvalue weighted by Gasteiger charge is -2.14. The van der Waals surface area contributed by atoms with Crippen molar-refractivity contribution in [1.29, 1.82) is 0 Å². The van der Waals surface area contributed by atoms with Crippen LogP contribution in [-0.4, -0.2) is 31.2 Å². The van der Waals surface area contributed by atoms with Crippen molar-refractivity contribution in [2.75, 3.05) is 19.5 Å². The van der Waals surface area contributed by atoms with Crippen LogP contribution >= 0.6 is 11.3 Å². The van der Waals surface area contributed by atoms with E-state index in [9.17, 15) is 9.59 Å². The van der Waals surface area contributed by atoms with E-state index in [0.29, 0.717) is 18.6 Å². The predicted octanol–water partition coefficient (Wildman–Crippen LogP) is 3.42. The van der Waals surface area contributed by atoms with E-state index >= 15 is 0 Å². The molecule has 0 fully saturated rings. The maximum atomic E-state index is 12.1. The third kappa shape index (κ3) is 4.48. The molecule has 128 valence electrons. The molecule has 1 heterocycles. The number of nitrogens with one attached hydrogen (secondary N) is 1. The summed E-state index contributed by atoms with van der Waals surface area (Å²) < 4.78 is 10.4. The SMILES string of the molecule is COc1cc(C(=O)O)cc(NC(=O)CCCc2cccs2)c1OC. The van der Waals surface area contributed by atoms with Crippen LogP contribution < -0.4 is 14.8 Å². The summed E-state index contributed by atoms with van der Waals surface area (Å²) in [5.41, 5.74) is 0.303. The van der Waals surface area contributed by atoms with Crippen molar-refractivity contribution in [2.24, 2.45) is 0 Å². The lowest BCUT2D eigenvalue weighted by atomic mass is 10.1. The Kier molecular flexibility index (Phi) is 6.20. The van der Waals surface area contributed by atoms with Gasteiger partial charge in [0, 0.05) is 11.3 Å². The molecule has 0 aliphatic rings. The second kappa shape index (κ2) is 8.35. The minimum atomic E-state index is -1.11. The molecule has 2 aromatic rings. The Hall–Kier alpha value is -2.54. The minimum Gasteiger partial charge on any atom is -0.493 e. The van der Waals surface area contributed by atoms with Crippen molar-refractivity contribution in [3.05, 3.63) is 40.1 Å². The molecule has 0 aliphatic heterocycles. The number of hydrogen-bond acceptors (Lipinski definition) is 5. The Labute approximate surface area is 144 Å². The van der Waals surface area contributed by atoms with Gasteiger partial charge in [-0.2, -0.15) is 0 Å². The summed E-state index contributed by atoms with van der Waals surface area (Å²) in [5.74, 6) is -0.751. The monoisotopic (exact) mass is 349 g/mol. The summed E-state index contributed by atoms with van der Waals surface area (Å²) in [6, 6.07) is 6.73. The molecule has 0 spiro atoms. The van der Waals surface area contributed by atoms with Gasteiger partial charge in [-0.15, -0.1) is 11.3 Å². The summed E-state index contributed by atoms with van der Waals surface area (Å²) in [7, 11) is 2.85. The number of aromatic carboxylic acids is 1. The number of rotatable bonds is 8. The normalized spacial score (nSPS) is 10.2. The molecule has 0 saturated heterocycles. The van der Waals surface area contributed by atoms with Crippen molar-refractivity contribution in [3.8, 4) is 11.5 Å². The first kappa shape index (κ1) is 17.8. The van der Waals surface area contributed by atoms with E-state index in [0.717, 1.165) is 6.42 Å². The van der Waals surface area contributed by atoms with Gasteiger partial charge in [-0.05, 0) is 36.4 Å². The smallest absolute Gasteiger partial charge is 0.335 e. The predicted molar refractivity (Wildman–Crippen MR) is 92.4 cm³/mol. The standard InChI is InChI=1S/C17H19NO5S/c1-22-14-10-11(17(20)21)9-13(16(14)23-2)18-15(19)7-3-5-12-6-4-8-24-12/h4,6,8-10H,3,5,7H2,1-2H3,(H,18,19)(H,20,21). The Bertz CT molecular complexity index is 712. The van der Waals surface area contributed by atoms with E-state index in [4.69, 9.17) is 14.6 Å². The average Bonchev–Trinajstić information content (AvgIpc) is 3.07. The van der Waals surface area contributed by atoms with E-state index in [-0.39, 0.29) is 22.9 Å². The van der Waals surface area contributed by atoms with Crippen LogP contribution in [-0.2, 0) is 11.2 Å². The number of carboxylic acids is 1. The second-order valence-electron chi connectivity index (χ2n) is 5.05. The molecule has 0 bridgehead atoms. The molecule has 0 unspecified atom stereocenters. The van der Waals surface area contributed by atoms with Gasteiger partial charge >= 0.3 is 5.97 Å². The van der Waals surface area contributed by atoms with Crippen molar-refractivity contribution in [3.63, 3.8) is 0 Å². The van der Waals surface area contributed by atoms with Crippen LogP contribution in [0.25, 0.3) is 0 Å². The molecule has 2 rings (SSSR count). The summed E-state index contributed by atoms with van der Waals surface area (Å²) >= 11 is 1.66. The number of carbonyl (C=O) groups excluding carboxylic acids is 1. The fourth-order valence-corrected chi connectivity index (χ4v) is 3.02. The zero-order chi connectivity index (χ0) is 17.5. The highest BCUT2D eigenvalue weighted by Crippen LogP contribution is 2.36. The first-order chi connectivity index (χ1) is 11.5. The van der Waals surface area contributed by atoms with Crippen molar-refractivity contribution < 1.29 is 24.2 Å². The number of methoxy groups -OCH3 is 2. The Balaban J connectivity index is 2.07. The largest absolute Gasteiger partial charge is 0.493 e. The molecular formula is C17H19NO5S. The first-order valence-electron chi connectivity index (χ1n) is 7.36. The average molecular weight is 349 g/mol. The summed E-state index contributed by atoms with van der Waals surface area (Å²) in [4.78, 5) is 24.6. The van der Waals surface area contributed by atoms with Crippen molar-refractivity contribution in [1.82, 2.24) is 0 Å². The lowest BCUT2D eigenvalue weighted by molar-refractivity contribution is -0.116. The molecule has 0 aliphatic carbocycles. The minimum absolute atomic E-state index is 0.0153. The third-order valence-corrected chi connectivity index (χ3v) is 4.34. The van der Waals surface area contributed by atoms with E-state index < -0.39 is 5.97 Å². The zero-order valence-electron chi connectivity index (χ0n) is 13.5. The van der Waals surface area contributed by atoms with Crippen LogP contribution in [0, 0.1) is 0 Å². The highest BCUT2D eigenvalue weighted by atomic mass is 32.1. The van der Waals surface area contributed by atoms with Gasteiger partial charge in [-0.3, -0.25) is 4.79 Å². The van der Waals surface area contributed by atoms with Crippen molar-refractivity contribution >= 4 is 28.9 Å². The summed E-state index contributed by atoms with van der Waals surface area (Å²) in [5, 5.41) is 13.9. The topological polar surface area (TPSA) is 84.9 Å². The number of aryl methyl sites for hydroxylation is 1. The highest BCUT2D eigenvalue weighted by Gasteiger charge is 2.17.